The van der Waals surface area contributed by atoms with Crippen molar-refractivity contribution in [2.75, 3.05) is 32.8 Å². The molecule has 26 heavy (non-hydrogen) atoms. The van der Waals surface area contributed by atoms with E-state index < -0.39 is 0 Å². The Labute approximate surface area is 163 Å². The molecule has 0 atom stereocenters. The van der Waals surface area contributed by atoms with Crippen LogP contribution in [0.5, 0.6) is 0 Å². The number of unbranched alkanes of at least 4 members (excludes halogenated alkanes) is 11. The zero-order valence-electron chi connectivity index (χ0n) is 18.1. The molecule has 0 aliphatic heterocycles. The third-order valence-corrected chi connectivity index (χ3v) is 5.80. The molecule has 0 amide bonds. The predicted octanol–water partition coefficient (Wildman–Crippen LogP) is 6.27. The van der Waals surface area contributed by atoms with Crippen molar-refractivity contribution in [3.63, 3.8) is 0 Å². The van der Waals surface area contributed by atoms with E-state index in [0.29, 0.717) is 6.61 Å². The first kappa shape index (κ1) is 25.2. The van der Waals surface area contributed by atoms with Crippen LogP contribution in [0.15, 0.2) is 12.7 Å². The van der Waals surface area contributed by atoms with Crippen LogP contribution in [0.4, 0.5) is 0 Å². The van der Waals surface area contributed by atoms with E-state index >= 15 is 0 Å². The minimum absolute atomic E-state index is 0.305. The number of rotatable bonds is 19. The largest absolute Gasteiger partial charge is 0.457 e. The summed E-state index contributed by atoms with van der Waals surface area (Å²) in [5.41, 5.74) is 0. The summed E-state index contributed by atoms with van der Waals surface area (Å²) in [5, 5.41) is 0. The molecular formula is C23H46NO2+. The van der Waals surface area contributed by atoms with E-state index in [0.717, 1.165) is 24.1 Å². The number of likely N-dealkylation sites (N-methyl/N-ethyl adjacent to an activating group) is 1. The summed E-state index contributed by atoms with van der Waals surface area (Å²) < 4.78 is 6.25. The van der Waals surface area contributed by atoms with Gasteiger partial charge in [-0.3, -0.25) is 0 Å². The van der Waals surface area contributed by atoms with Crippen LogP contribution in [0, 0.1) is 0 Å². The van der Waals surface area contributed by atoms with Crippen LogP contribution in [0.2, 0.25) is 0 Å². The number of quaternary nitrogens is 1. The molecule has 0 unspecified atom stereocenters. The Balaban J connectivity index is 3.67. The van der Waals surface area contributed by atoms with Crippen molar-refractivity contribution >= 4 is 5.97 Å². The van der Waals surface area contributed by atoms with Gasteiger partial charge >= 0.3 is 5.97 Å². The highest BCUT2D eigenvalue weighted by Crippen LogP contribution is 2.14. The molecule has 0 aromatic rings. The molecule has 3 heteroatoms. The monoisotopic (exact) mass is 368 g/mol. The molecule has 0 aromatic carbocycles. The summed E-state index contributed by atoms with van der Waals surface area (Å²) in [6.45, 7) is 15.1. The second kappa shape index (κ2) is 17.6. The predicted molar refractivity (Wildman–Crippen MR) is 113 cm³/mol. The van der Waals surface area contributed by atoms with Gasteiger partial charge in [0.2, 0.25) is 0 Å². The Kier molecular flexibility index (Phi) is 17.0. The van der Waals surface area contributed by atoms with Gasteiger partial charge in [-0.15, -0.1) is 0 Å². The molecule has 0 heterocycles. The van der Waals surface area contributed by atoms with Crippen molar-refractivity contribution < 1.29 is 14.0 Å². The molecule has 0 aliphatic carbocycles. The number of esters is 1. The van der Waals surface area contributed by atoms with Gasteiger partial charge in [0.25, 0.3) is 0 Å². The summed E-state index contributed by atoms with van der Waals surface area (Å²) in [7, 11) is 0. The molecular weight excluding hydrogens is 322 g/mol. The Hall–Kier alpha value is -0.830. The van der Waals surface area contributed by atoms with Crippen LogP contribution < -0.4 is 0 Å². The first-order chi connectivity index (χ1) is 12.6. The van der Waals surface area contributed by atoms with Crippen molar-refractivity contribution in [1.29, 1.82) is 0 Å². The highest BCUT2D eigenvalue weighted by atomic mass is 16.5. The maximum Gasteiger partial charge on any atom is 0.330 e. The van der Waals surface area contributed by atoms with Crippen molar-refractivity contribution in [3.8, 4) is 0 Å². The van der Waals surface area contributed by atoms with Crippen LogP contribution >= 0.6 is 0 Å². The quantitative estimate of drug-likeness (QED) is 0.116. The first-order valence-electron chi connectivity index (χ1n) is 11.3. The molecule has 154 valence electrons. The summed E-state index contributed by atoms with van der Waals surface area (Å²) in [6, 6.07) is 0. The average molecular weight is 369 g/mol. The van der Waals surface area contributed by atoms with Gasteiger partial charge < -0.3 is 9.22 Å². The van der Waals surface area contributed by atoms with Crippen LogP contribution in [-0.4, -0.2) is 43.2 Å². The van der Waals surface area contributed by atoms with Gasteiger partial charge in [-0.1, -0.05) is 77.7 Å². The maximum atomic E-state index is 11.2. The van der Waals surface area contributed by atoms with Gasteiger partial charge in [-0.2, -0.15) is 0 Å². The lowest BCUT2D eigenvalue weighted by Crippen LogP contribution is -2.50. The molecule has 0 aliphatic rings. The number of carbonyl (C=O) groups excluding carboxylic acids is 1. The Bertz CT molecular complexity index is 337. The SMILES string of the molecule is C=CC(=O)OCC[N+](CC)(CC)CCCCCCCCCCCCCC. The van der Waals surface area contributed by atoms with E-state index in [1.54, 1.807) is 0 Å². The second-order valence-corrected chi connectivity index (χ2v) is 7.68. The van der Waals surface area contributed by atoms with Crippen molar-refractivity contribution in [2.24, 2.45) is 0 Å². The molecule has 0 bridgehead atoms. The minimum Gasteiger partial charge on any atom is -0.457 e. The van der Waals surface area contributed by atoms with E-state index in [4.69, 9.17) is 4.74 Å². The third-order valence-electron chi connectivity index (χ3n) is 5.80. The van der Waals surface area contributed by atoms with Crippen molar-refractivity contribution in [2.45, 2.75) is 97.8 Å². The Morgan fingerprint density at radius 1 is 0.769 bits per heavy atom. The zero-order chi connectivity index (χ0) is 19.5. The van der Waals surface area contributed by atoms with Crippen LogP contribution in [0.25, 0.3) is 0 Å². The molecule has 0 saturated carbocycles. The summed E-state index contributed by atoms with van der Waals surface area (Å²) in [4.78, 5) is 11.2. The third kappa shape index (κ3) is 13.4. The average Bonchev–Trinajstić information content (AvgIpc) is 2.67. The lowest BCUT2D eigenvalue weighted by molar-refractivity contribution is -0.925. The molecule has 0 spiro atoms. The molecule has 0 saturated heterocycles. The lowest BCUT2D eigenvalue weighted by atomic mass is 10.0. The minimum atomic E-state index is -0.305. The van der Waals surface area contributed by atoms with E-state index in [9.17, 15) is 4.79 Å². The zero-order valence-corrected chi connectivity index (χ0v) is 18.1. The molecule has 0 aromatic heterocycles. The fourth-order valence-corrected chi connectivity index (χ4v) is 3.65. The fourth-order valence-electron chi connectivity index (χ4n) is 3.65. The fraction of sp³-hybridized carbons (Fsp3) is 0.870. The molecule has 0 fully saturated rings. The molecule has 3 nitrogen and oxygen atoms in total. The van der Waals surface area contributed by atoms with Crippen LogP contribution in [0.1, 0.15) is 97.8 Å². The number of nitrogens with zero attached hydrogens (tertiary/aromatic N) is 1. The molecule has 0 N–H and O–H groups in total. The van der Waals surface area contributed by atoms with Crippen molar-refractivity contribution in [1.82, 2.24) is 0 Å². The van der Waals surface area contributed by atoms with Gasteiger partial charge in [0, 0.05) is 6.08 Å². The molecule has 0 rings (SSSR count). The second-order valence-electron chi connectivity index (χ2n) is 7.68. The number of ether oxygens (including phenoxy) is 1. The smallest absolute Gasteiger partial charge is 0.330 e. The van der Waals surface area contributed by atoms with E-state index in [-0.39, 0.29) is 5.97 Å². The highest BCUT2D eigenvalue weighted by Gasteiger charge is 2.22. The van der Waals surface area contributed by atoms with E-state index in [1.807, 2.05) is 0 Å². The Morgan fingerprint density at radius 3 is 1.65 bits per heavy atom. The van der Waals surface area contributed by atoms with Gasteiger partial charge in [-0.25, -0.2) is 4.79 Å². The summed E-state index contributed by atoms with van der Waals surface area (Å²) >= 11 is 0. The number of carbonyl (C=O) groups is 1. The standard InChI is InChI=1S/C23H46NO2/c1-5-9-10-11-12-13-14-15-16-17-18-19-20-24(7-3,8-4)21-22-26-23(25)6-2/h6H,2,5,7-22H2,1,3-4H3/q+1. The Morgan fingerprint density at radius 2 is 1.23 bits per heavy atom. The van der Waals surface area contributed by atoms with Gasteiger partial charge in [0.05, 0.1) is 19.6 Å². The normalized spacial score (nSPS) is 11.5. The van der Waals surface area contributed by atoms with Crippen molar-refractivity contribution in [3.05, 3.63) is 12.7 Å². The van der Waals surface area contributed by atoms with Gasteiger partial charge in [-0.05, 0) is 26.7 Å². The topological polar surface area (TPSA) is 26.3 Å². The van der Waals surface area contributed by atoms with Gasteiger partial charge in [0.15, 0.2) is 0 Å². The first-order valence-corrected chi connectivity index (χ1v) is 11.3. The summed E-state index contributed by atoms with van der Waals surface area (Å²) in [6.07, 6.45) is 17.9. The lowest BCUT2D eigenvalue weighted by Gasteiger charge is -2.36. The number of hydrogen-bond acceptors (Lipinski definition) is 2. The van der Waals surface area contributed by atoms with Crippen LogP contribution in [-0.2, 0) is 9.53 Å². The van der Waals surface area contributed by atoms with Crippen LogP contribution in [0.3, 0.4) is 0 Å². The number of hydrogen-bond donors (Lipinski definition) is 0. The highest BCUT2D eigenvalue weighted by molar-refractivity contribution is 5.81. The molecule has 0 radical (unpaired) electrons. The van der Waals surface area contributed by atoms with E-state index in [2.05, 4.69) is 27.4 Å². The maximum absolute atomic E-state index is 11.2. The summed E-state index contributed by atoms with van der Waals surface area (Å²) in [5.74, 6) is -0.305. The van der Waals surface area contributed by atoms with Gasteiger partial charge in [0.1, 0.15) is 13.2 Å². The van der Waals surface area contributed by atoms with E-state index in [1.165, 1.54) is 89.7 Å².